The van der Waals surface area contributed by atoms with Crippen LogP contribution in [0.25, 0.3) is 55.6 Å². The number of anilines is 5. The molecule has 120 heavy (non-hydrogen) atoms. The number of rotatable bonds is 10. The molecule has 0 bridgehead atoms. The zero-order valence-electron chi connectivity index (χ0n) is 61.7. The van der Waals surface area contributed by atoms with Crippen molar-refractivity contribution in [3.63, 3.8) is 0 Å². The van der Waals surface area contributed by atoms with Crippen molar-refractivity contribution >= 4 is 97.5 Å². The van der Waals surface area contributed by atoms with Crippen LogP contribution in [0, 0.1) is 69.7 Å². The summed E-state index contributed by atoms with van der Waals surface area (Å²) in [6.07, 6.45) is -10.1. The van der Waals surface area contributed by atoms with E-state index in [2.05, 4.69) is 124 Å². The van der Waals surface area contributed by atoms with Gasteiger partial charge in [0.1, 0.15) is 116 Å². The summed E-state index contributed by atoms with van der Waals surface area (Å²) in [6.45, 7) is -7.44. The number of ether oxygens (including phenoxy) is 5. The molecule has 5 aliphatic rings. The average molecular weight is 1710 g/mol. The summed E-state index contributed by atoms with van der Waals surface area (Å²) in [6, 6.07) is 1.48. The van der Waals surface area contributed by atoms with Gasteiger partial charge in [-0.15, -0.1) is 0 Å². The van der Waals surface area contributed by atoms with Gasteiger partial charge in [-0.1, -0.05) is 71.4 Å². The molecule has 15 heterocycles. The Morgan fingerprint density at radius 1 is 0.433 bits per heavy atom. The molecule has 5 saturated heterocycles. The van der Waals surface area contributed by atoms with Gasteiger partial charge < -0.3 is 142 Å². The van der Waals surface area contributed by atoms with Crippen LogP contribution < -0.4 is 74.0 Å². The summed E-state index contributed by atoms with van der Waals surface area (Å²) in [7, 11) is 0. The van der Waals surface area contributed by atoms with E-state index in [1.54, 1.807) is 0 Å². The van der Waals surface area contributed by atoms with Crippen LogP contribution in [0.1, 0.15) is 31.1 Å². The molecule has 5 aliphatic heterocycles. The van der Waals surface area contributed by atoms with Crippen molar-refractivity contribution in [3.05, 3.63) is 85.2 Å². The fourth-order valence-corrected chi connectivity index (χ4v) is 13.9. The van der Waals surface area contributed by atoms with E-state index in [9.17, 15) is 91.8 Å². The number of nitrogens with one attached hydrogen (secondary N) is 4. The lowest BCUT2D eigenvalue weighted by atomic mass is 9.91. The average Bonchev–Trinajstić information content (AvgIpc) is 1.63. The minimum absolute atomic E-state index is 0.0180. The third kappa shape index (κ3) is 16.3. The first-order valence-electron chi connectivity index (χ1n) is 34.9. The number of aromatic nitrogens is 18. The molecular formula is C67H76F6N28O18S. The van der Waals surface area contributed by atoms with Gasteiger partial charge in [0.05, 0.1) is 63.6 Å². The topological polar surface area (TPSA) is 764 Å². The second-order valence-electron chi connectivity index (χ2n) is 26.7. The lowest BCUT2D eigenvalue weighted by Gasteiger charge is -2.28. The number of aliphatic hydroxyl groups is 10. The van der Waals surface area contributed by atoms with Crippen LogP contribution in [0.4, 0.5) is 56.1 Å². The maximum absolute atomic E-state index is 14.2. The van der Waals surface area contributed by atoms with Crippen LogP contribution in [-0.4, -0.2) is 294 Å². The van der Waals surface area contributed by atoms with E-state index >= 15 is 0 Å². The molecule has 20 atom stereocenters. The van der Waals surface area contributed by atoms with E-state index in [-0.39, 0.29) is 67.6 Å². The molecule has 34 N–H and O–H groups in total. The first-order chi connectivity index (χ1) is 57.1. The van der Waals surface area contributed by atoms with Crippen molar-refractivity contribution in [1.29, 1.82) is 0 Å². The van der Waals surface area contributed by atoms with Gasteiger partial charge in [-0.25, -0.2) is 51.3 Å². The third-order valence-corrected chi connectivity index (χ3v) is 19.6. The number of fused-ring (bicyclic) bond motifs is 5. The molecular weight excluding hydrogens is 1630 g/mol. The Morgan fingerprint density at radius 3 is 1.23 bits per heavy atom. The number of alkyl halides is 5. The smallest absolute Gasteiger partial charge is 0.280 e. The molecule has 640 valence electrons. The van der Waals surface area contributed by atoms with E-state index in [0.717, 1.165) is 10.8 Å². The lowest BCUT2D eigenvalue weighted by Crippen LogP contribution is -2.53. The number of imidazole rings is 3. The molecule has 5 unspecified atom stereocenters. The predicted octanol–water partition coefficient (Wildman–Crippen LogP) is -8.46. The molecule has 5 fully saturated rings. The van der Waals surface area contributed by atoms with Gasteiger partial charge in [-0.3, -0.25) is 47.6 Å². The Balaban J connectivity index is 0.000000147. The normalized spacial score (nSPS) is 29.6. The highest BCUT2D eigenvalue weighted by atomic mass is 32.1. The van der Waals surface area contributed by atoms with Crippen molar-refractivity contribution in [2.24, 2.45) is 28.7 Å². The number of halogens is 6. The minimum atomic E-state index is -1.88. The summed E-state index contributed by atoms with van der Waals surface area (Å²) in [4.78, 5) is 81.1. The van der Waals surface area contributed by atoms with Crippen LogP contribution in [0.15, 0.2) is 58.0 Å². The second kappa shape index (κ2) is 36.0. The van der Waals surface area contributed by atoms with Gasteiger partial charge in [-0.2, -0.15) is 19.9 Å². The van der Waals surface area contributed by atoms with E-state index in [4.69, 9.17) is 93.2 Å². The zero-order valence-corrected chi connectivity index (χ0v) is 62.5. The quantitative estimate of drug-likeness (QED) is 0.0343. The highest BCUT2D eigenvalue weighted by Crippen LogP contribution is 2.43. The summed E-state index contributed by atoms with van der Waals surface area (Å²) < 4.78 is 111. The zero-order chi connectivity index (χ0) is 87.4. The number of nitrogen functional groups attached to an aromatic ring is 5. The molecule has 0 amide bonds. The van der Waals surface area contributed by atoms with Crippen LogP contribution in [-0.2, 0) is 23.7 Å². The molecule has 10 aromatic heterocycles. The first kappa shape index (κ1) is 88.9. The Morgan fingerprint density at radius 2 is 0.792 bits per heavy atom. The summed E-state index contributed by atoms with van der Waals surface area (Å²) >= 11 is 5.10. The lowest BCUT2D eigenvalue weighted by molar-refractivity contribution is -0.0447. The molecule has 53 heteroatoms. The van der Waals surface area contributed by atoms with Crippen molar-refractivity contribution in [2.75, 3.05) is 95.1 Å². The van der Waals surface area contributed by atoms with Crippen molar-refractivity contribution in [2.45, 2.75) is 120 Å². The van der Waals surface area contributed by atoms with Gasteiger partial charge in [0.15, 0.2) is 103 Å². The second-order valence-corrected chi connectivity index (χ2v) is 27.1. The largest absolute Gasteiger partial charge is 0.394 e. The van der Waals surface area contributed by atoms with Crippen LogP contribution in [0.3, 0.4) is 0 Å². The fraction of sp³-hybridized carbons (Fsp3) is 0.448. The number of H-pyrrole nitrogens is 4. The maximum Gasteiger partial charge on any atom is 0.280 e. The Kier molecular flexibility index (Phi) is 26.6. The predicted molar refractivity (Wildman–Crippen MR) is 407 cm³/mol. The van der Waals surface area contributed by atoms with E-state index in [1.165, 1.54) is 55.7 Å². The number of hydrogen-bond donors (Lipinski definition) is 24. The molecule has 0 aromatic carbocycles. The summed E-state index contributed by atoms with van der Waals surface area (Å²) in [5.41, 5.74) is 49.6. The van der Waals surface area contributed by atoms with Crippen molar-refractivity contribution in [1.82, 2.24) is 87.6 Å². The SMILES string of the molecule is Nc1nc(=S)c2ncn([C@@H]3O[C@H](CO)[C@H](O)C3(N)C#CCF)c2[nH]1.Nc1nc2c(c(F)cn2[C@@H]2O[C@H](CO)[C@H](O)C2(N)C#CCF)c(=O)[nH]1.Nc1nc2c(ccn2[C@@H]2O[C@H](CO)[C@H](O)C2(N)C#CCF)c(=O)[nH]1.Nc1nc2c(ncn2[C@@H]2O[C@H](CO)[C@H](O)C2(N)C#CCF)c(=O)[nH]1.Nc1ncc2ncn([C@@H]3O[C@H](CO)[C@H](O)C3(N)C#CCF)c2n1. The highest BCUT2D eigenvalue weighted by molar-refractivity contribution is 7.71. The number of nitrogens with zero attached hydrogens (tertiary/aromatic N) is 14. The molecule has 15 rings (SSSR count). The van der Waals surface area contributed by atoms with Crippen LogP contribution in [0.2, 0.25) is 0 Å². The Labute approximate surface area is 671 Å². The number of hydrogen-bond acceptors (Lipinski definition) is 38. The van der Waals surface area contributed by atoms with E-state index < -0.39 is 209 Å². The number of aromatic amines is 4. The summed E-state index contributed by atoms with van der Waals surface area (Å²) in [5, 5.41) is 98.1. The van der Waals surface area contributed by atoms with E-state index in [1.807, 2.05) is 0 Å². The molecule has 0 aliphatic carbocycles. The molecule has 10 aromatic rings. The van der Waals surface area contributed by atoms with Gasteiger partial charge in [0.2, 0.25) is 23.8 Å². The first-order valence-corrected chi connectivity index (χ1v) is 35.3. The minimum Gasteiger partial charge on any atom is -0.394 e. The molecule has 0 radical (unpaired) electrons. The van der Waals surface area contributed by atoms with Crippen molar-refractivity contribution < 1.29 is 101 Å². The van der Waals surface area contributed by atoms with Gasteiger partial charge >= 0.3 is 0 Å². The summed E-state index contributed by atoms with van der Waals surface area (Å²) in [5.74, 6) is 21.7. The highest BCUT2D eigenvalue weighted by Gasteiger charge is 2.59. The van der Waals surface area contributed by atoms with Crippen molar-refractivity contribution in [3.8, 4) is 59.2 Å². The molecule has 46 nitrogen and oxygen atoms in total. The maximum atomic E-state index is 14.2. The monoisotopic (exact) mass is 1710 g/mol. The van der Waals surface area contributed by atoms with Crippen LogP contribution >= 0.6 is 12.2 Å². The van der Waals surface area contributed by atoms with Gasteiger partial charge in [0.25, 0.3) is 16.7 Å². The third-order valence-electron chi connectivity index (χ3n) is 19.3. The molecule has 0 saturated carbocycles. The Hall–Kier alpha value is -11.9. The van der Waals surface area contributed by atoms with Gasteiger partial charge in [0, 0.05) is 12.4 Å². The number of aliphatic hydroxyl groups excluding tert-OH is 10. The number of nitrogens with two attached hydrogens (primary N) is 10. The van der Waals surface area contributed by atoms with Gasteiger partial charge in [-0.05, 0) is 6.07 Å². The molecule has 0 spiro atoms. The standard InChI is InChI=1S/C14H15F2N5O4.C14H16FN5O4.C13H15FN6O4.C13H15FN6O3S.C13H15FN6O3/c15-3-1-2-14(18)9(23)7(5-22)25-12(14)21-4-6(16)8-10(21)19-13(17)20-11(8)24;15-4-1-3-14(17)9(22)8(6-21)24-12(14)20-5-2-7-10(20)18-13(16)19-11(7)23;14-3-1-2-13(16)8(22)6(4-21)24-11(13)20-5-17-7-9(20)18-12(15)19-10(7)23;14-3-1-2-13(16)8(22)6(4-21)23-11(13)20-5-17-7-9(20)18-12(15)19-10(7)24;14-3-1-2-13(16)9(22)8(5-21)23-11(13)20-6-18-7-4-17-12(15)19-10(7)20/h4,7,9,12,22-23H,3,5,18H2,(H3,17,19,20,24);2,5,8-9,12,21-22H,4,6,17H2,(H3,16,18,19,23);5-6,8,11,21-22H,3-4,16H2,(H3,15,18,19,23);5-6,8,11,21-22H,3-4,16H2,(H3,15,18,19,24);4,6,8-9,11,21-22H,3,5,16H2,(H2,15,17,19)/t7-,9+,12-,14?;8-,9+,12-,14?;2*6-,8+,11-,13?;8-,9+,11-,13?/m11111/s1. The van der Waals surface area contributed by atoms with E-state index in [0.29, 0.717) is 22.3 Å². The Bertz CT molecular complexity index is 5710. The van der Waals surface area contributed by atoms with Crippen LogP contribution in [0.5, 0.6) is 0 Å². The fourth-order valence-electron chi connectivity index (χ4n) is 13.6.